The summed E-state index contributed by atoms with van der Waals surface area (Å²) in [7, 11) is 0. The van der Waals surface area contributed by atoms with E-state index in [2.05, 4.69) is 14.6 Å². The lowest BCUT2D eigenvalue weighted by atomic mass is 10.3. The monoisotopic (exact) mass is 226 g/mol. The largest absolute Gasteiger partial charge is 0.484 e. The number of nitrogens with one attached hydrogen (secondary N) is 1. The molecule has 0 aliphatic heterocycles. The Balaban J connectivity index is 1.99. The fourth-order valence-electron chi connectivity index (χ4n) is 0.998. The van der Waals surface area contributed by atoms with Crippen molar-refractivity contribution < 1.29 is 9.15 Å². The molecule has 0 saturated carbocycles. The van der Waals surface area contributed by atoms with Crippen LogP contribution in [-0.2, 0) is 6.61 Å². The topological polar surface area (TPSA) is 68.1 Å². The van der Waals surface area contributed by atoms with E-state index in [9.17, 15) is 4.79 Å². The Morgan fingerprint density at radius 1 is 1.40 bits per heavy atom. The van der Waals surface area contributed by atoms with Gasteiger partial charge in [0.15, 0.2) is 6.61 Å². The van der Waals surface area contributed by atoms with E-state index in [1.165, 1.54) is 0 Å². The maximum Gasteiger partial charge on any atom is 0.434 e. The van der Waals surface area contributed by atoms with Gasteiger partial charge in [-0.1, -0.05) is 11.6 Å². The molecule has 0 aliphatic rings. The zero-order chi connectivity index (χ0) is 10.7. The third-order valence-corrected chi connectivity index (χ3v) is 1.91. The van der Waals surface area contributed by atoms with Crippen LogP contribution in [-0.4, -0.2) is 10.2 Å². The molecule has 0 radical (unpaired) electrons. The Labute approximate surface area is 89.6 Å². The van der Waals surface area contributed by atoms with E-state index in [1.54, 1.807) is 24.3 Å². The van der Waals surface area contributed by atoms with Gasteiger partial charge in [-0.25, -0.2) is 9.89 Å². The number of benzene rings is 1. The molecule has 2 rings (SSSR count). The molecule has 0 aliphatic carbocycles. The minimum Gasteiger partial charge on any atom is -0.484 e. The summed E-state index contributed by atoms with van der Waals surface area (Å²) in [6, 6.07) is 6.84. The van der Waals surface area contributed by atoms with Crippen molar-refractivity contribution in [3.63, 3.8) is 0 Å². The maximum absolute atomic E-state index is 10.6. The number of rotatable bonds is 3. The predicted molar refractivity (Wildman–Crippen MR) is 52.9 cm³/mol. The number of halogens is 1. The second-order valence-corrected chi connectivity index (χ2v) is 3.19. The summed E-state index contributed by atoms with van der Waals surface area (Å²) in [6.45, 7) is 0.0976. The molecule has 0 amide bonds. The molecule has 0 spiro atoms. The highest BCUT2D eigenvalue weighted by Gasteiger charge is 2.01. The van der Waals surface area contributed by atoms with Crippen LogP contribution < -0.4 is 10.5 Å². The van der Waals surface area contributed by atoms with Crippen molar-refractivity contribution in [2.24, 2.45) is 0 Å². The molecule has 0 atom stereocenters. The molecule has 0 bridgehead atoms. The van der Waals surface area contributed by atoms with E-state index in [-0.39, 0.29) is 12.5 Å². The minimum absolute atomic E-state index is 0.0976. The van der Waals surface area contributed by atoms with Crippen LogP contribution in [0.2, 0.25) is 5.02 Å². The van der Waals surface area contributed by atoms with Gasteiger partial charge in [0.2, 0.25) is 0 Å². The normalized spacial score (nSPS) is 10.2. The number of hydrogen-bond donors (Lipinski definition) is 1. The third kappa shape index (κ3) is 2.60. The smallest absolute Gasteiger partial charge is 0.434 e. The van der Waals surface area contributed by atoms with E-state index >= 15 is 0 Å². The van der Waals surface area contributed by atoms with Crippen LogP contribution >= 0.6 is 11.6 Å². The van der Waals surface area contributed by atoms with Crippen LogP contribution in [0.1, 0.15) is 5.89 Å². The number of H-pyrrole nitrogens is 1. The summed E-state index contributed by atoms with van der Waals surface area (Å²) in [5, 5.41) is 6.37. The first-order valence-corrected chi connectivity index (χ1v) is 4.54. The van der Waals surface area contributed by atoms with Crippen LogP contribution in [0.5, 0.6) is 5.75 Å². The zero-order valence-electron chi connectivity index (χ0n) is 7.57. The zero-order valence-corrected chi connectivity index (χ0v) is 8.32. The molecular formula is C9H7ClN2O3. The molecule has 1 N–H and O–H groups in total. The van der Waals surface area contributed by atoms with Gasteiger partial charge in [0.1, 0.15) is 5.75 Å². The average molecular weight is 227 g/mol. The second-order valence-electron chi connectivity index (χ2n) is 2.75. The Bertz CT molecular complexity index is 489. The van der Waals surface area contributed by atoms with Crippen LogP contribution in [0, 0.1) is 0 Å². The number of aromatic amines is 1. The molecule has 1 aromatic heterocycles. The Hall–Kier alpha value is -1.75. The van der Waals surface area contributed by atoms with Gasteiger partial charge >= 0.3 is 5.76 Å². The van der Waals surface area contributed by atoms with Crippen LogP contribution in [0.25, 0.3) is 0 Å². The van der Waals surface area contributed by atoms with E-state index in [4.69, 9.17) is 16.3 Å². The van der Waals surface area contributed by atoms with Crippen molar-refractivity contribution in [3.05, 3.63) is 45.7 Å². The number of aromatic nitrogens is 2. The molecule has 0 saturated heterocycles. The fraction of sp³-hybridized carbons (Fsp3) is 0.111. The van der Waals surface area contributed by atoms with Gasteiger partial charge in [-0.3, -0.25) is 0 Å². The van der Waals surface area contributed by atoms with Gasteiger partial charge in [0.05, 0.1) is 0 Å². The first-order chi connectivity index (χ1) is 7.24. The molecule has 1 aromatic carbocycles. The molecule has 15 heavy (non-hydrogen) atoms. The first-order valence-electron chi connectivity index (χ1n) is 4.17. The highest BCUT2D eigenvalue weighted by Crippen LogP contribution is 2.16. The van der Waals surface area contributed by atoms with Crippen LogP contribution in [0.4, 0.5) is 0 Å². The van der Waals surface area contributed by atoms with Crippen molar-refractivity contribution in [2.45, 2.75) is 6.61 Å². The predicted octanol–water partition coefficient (Wildman–Crippen LogP) is 1.60. The second kappa shape index (κ2) is 4.18. The van der Waals surface area contributed by atoms with E-state index in [0.29, 0.717) is 10.8 Å². The molecule has 5 nitrogen and oxygen atoms in total. The standard InChI is InChI=1S/C9H7ClN2O3/c10-6-1-3-7(4-2-6)14-5-8-11-12-9(13)15-8/h1-4H,5H2,(H,12,13). The van der Waals surface area contributed by atoms with Crippen molar-refractivity contribution in [3.8, 4) is 5.75 Å². The lowest BCUT2D eigenvalue weighted by molar-refractivity contribution is 0.259. The highest BCUT2D eigenvalue weighted by atomic mass is 35.5. The Morgan fingerprint density at radius 2 is 2.13 bits per heavy atom. The minimum atomic E-state index is -0.593. The van der Waals surface area contributed by atoms with Crippen LogP contribution in [0.3, 0.4) is 0 Å². The third-order valence-electron chi connectivity index (χ3n) is 1.66. The average Bonchev–Trinajstić information content (AvgIpc) is 2.64. The quantitative estimate of drug-likeness (QED) is 0.863. The van der Waals surface area contributed by atoms with Gasteiger partial charge in [-0.05, 0) is 24.3 Å². The molecule has 0 unspecified atom stereocenters. The summed E-state index contributed by atoms with van der Waals surface area (Å²) >= 11 is 5.70. The SMILES string of the molecule is O=c1[nH]nc(COc2ccc(Cl)cc2)o1. The Kier molecular flexibility index (Phi) is 2.73. The first kappa shape index (κ1) is 9.79. The summed E-state index contributed by atoms with van der Waals surface area (Å²) < 4.78 is 9.94. The van der Waals surface area contributed by atoms with Gasteiger partial charge in [0.25, 0.3) is 5.89 Å². The van der Waals surface area contributed by atoms with Crippen LogP contribution in [0.15, 0.2) is 33.5 Å². The lowest BCUT2D eigenvalue weighted by Crippen LogP contribution is -1.95. The van der Waals surface area contributed by atoms with Gasteiger partial charge in [-0.2, -0.15) is 0 Å². The number of hydrogen-bond acceptors (Lipinski definition) is 4. The molecule has 78 valence electrons. The summed E-state index contributed by atoms with van der Waals surface area (Å²) in [4.78, 5) is 10.6. The lowest BCUT2D eigenvalue weighted by Gasteiger charge is -2.01. The molecule has 1 heterocycles. The van der Waals surface area contributed by atoms with Gasteiger partial charge in [0, 0.05) is 5.02 Å². The van der Waals surface area contributed by atoms with Crippen molar-refractivity contribution in [2.75, 3.05) is 0 Å². The van der Waals surface area contributed by atoms with Crippen molar-refractivity contribution in [1.29, 1.82) is 0 Å². The number of nitrogens with zero attached hydrogens (tertiary/aromatic N) is 1. The maximum atomic E-state index is 10.6. The van der Waals surface area contributed by atoms with E-state index < -0.39 is 5.76 Å². The molecule has 6 heteroatoms. The van der Waals surface area contributed by atoms with Crippen molar-refractivity contribution >= 4 is 11.6 Å². The fourth-order valence-corrected chi connectivity index (χ4v) is 1.12. The van der Waals surface area contributed by atoms with E-state index in [0.717, 1.165) is 0 Å². The summed E-state index contributed by atoms with van der Waals surface area (Å²) in [5.74, 6) is 0.240. The molecular weight excluding hydrogens is 220 g/mol. The molecule has 0 fully saturated rings. The highest BCUT2D eigenvalue weighted by molar-refractivity contribution is 6.30. The summed E-state index contributed by atoms with van der Waals surface area (Å²) in [5.41, 5.74) is 0. The Morgan fingerprint density at radius 3 is 2.73 bits per heavy atom. The van der Waals surface area contributed by atoms with E-state index in [1.807, 2.05) is 0 Å². The number of ether oxygens (including phenoxy) is 1. The van der Waals surface area contributed by atoms with Crippen molar-refractivity contribution in [1.82, 2.24) is 10.2 Å². The molecule has 2 aromatic rings. The summed E-state index contributed by atoms with van der Waals surface area (Å²) in [6.07, 6.45) is 0. The van der Waals surface area contributed by atoms with Gasteiger partial charge < -0.3 is 9.15 Å². The van der Waals surface area contributed by atoms with Gasteiger partial charge in [-0.15, -0.1) is 5.10 Å².